The predicted octanol–water partition coefficient (Wildman–Crippen LogP) is 15.2. The highest BCUT2D eigenvalue weighted by atomic mass is 32.3. The van der Waals surface area contributed by atoms with Crippen LogP contribution in [0.1, 0.15) is 22.3 Å². The minimum Gasteiger partial charge on any atom is -0.457 e. The van der Waals surface area contributed by atoms with Crippen molar-refractivity contribution in [2.24, 2.45) is 0 Å². The van der Waals surface area contributed by atoms with Gasteiger partial charge < -0.3 is 9.64 Å². The van der Waals surface area contributed by atoms with Gasteiger partial charge in [0.2, 0.25) is 0 Å². The summed E-state index contributed by atoms with van der Waals surface area (Å²) in [7, 11) is -1.53. The molecule has 0 amide bonds. The Balaban J connectivity index is 1.11. The molecule has 0 atom stereocenters. The van der Waals surface area contributed by atoms with Gasteiger partial charge in [0, 0.05) is 28.2 Å². The second-order valence-electron chi connectivity index (χ2n) is 15.4. The van der Waals surface area contributed by atoms with Crippen molar-refractivity contribution >= 4 is 27.1 Å². The topological polar surface area (TPSA) is 12.5 Å². The molecule has 0 N–H and O–H groups in total. The summed E-state index contributed by atoms with van der Waals surface area (Å²) in [4.78, 5) is 6.42. The van der Waals surface area contributed by atoms with E-state index in [1.54, 1.807) is 0 Å². The average Bonchev–Trinajstić information content (AvgIpc) is 3.60. The van der Waals surface area contributed by atoms with Crippen molar-refractivity contribution in [2.45, 2.75) is 20.1 Å². The van der Waals surface area contributed by atoms with E-state index in [0.717, 1.165) is 39.7 Å². The Morgan fingerprint density at radius 1 is 0.356 bits per heavy atom. The summed E-state index contributed by atoms with van der Waals surface area (Å²) in [5, 5.41) is 0. The molecule has 2 nitrogen and oxygen atoms in total. The molecule has 0 unspecified atom stereocenters. The molecular weight excluding hydrogens is 735 g/mol. The first kappa shape index (κ1) is 35.1. The summed E-state index contributed by atoms with van der Waals surface area (Å²) < 4.78 is 6.65. The Hall–Kier alpha value is -7.07. The van der Waals surface area contributed by atoms with E-state index < -0.39 is 15.4 Å². The van der Waals surface area contributed by atoms with Crippen molar-refractivity contribution in [3.8, 4) is 33.8 Å². The van der Waals surface area contributed by atoms with Gasteiger partial charge in [0.05, 0.1) is 5.41 Å². The molecule has 1 aliphatic heterocycles. The molecule has 0 radical (unpaired) electrons. The van der Waals surface area contributed by atoms with E-state index in [-0.39, 0.29) is 0 Å². The third-order valence-electron chi connectivity index (χ3n) is 12.3. The minimum absolute atomic E-state index is 0.559. The van der Waals surface area contributed by atoms with Crippen LogP contribution in [0.5, 0.6) is 11.5 Å². The van der Waals surface area contributed by atoms with E-state index in [9.17, 15) is 0 Å². The van der Waals surface area contributed by atoms with Gasteiger partial charge in [-0.1, -0.05) is 146 Å². The molecular formula is C56H41NOS. The lowest BCUT2D eigenvalue weighted by atomic mass is 9.66. The Bertz CT molecular complexity index is 2880. The largest absolute Gasteiger partial charge is 0.457 e. The third-order valence-corrected chi connectivity index (χ3v) is 16.0. The zero-order chi connectivity index (χ0) is 39.4. The van der Waals surface area contributed by atoms with Crippen LogP contribution in [-0.4, -0.2) is 6.26 Å². The number of anilines is 3. The lowest BCUT2D eigenvalue weighted by Crippen LogP contribution is -2.32. The zero-order valence-electron chi connectivity index (χ0n) is 32.7. The molecule has 59 heavy (non-hydrogen) atoms. The lowest BCUT2D eigenvalue weighted by molar-refractivity contribution is 0.436. The summed E-state index contributed by atoms with van der Waals surface area (Å²) >= 11 is 0. The summed E-state index contributed by atoms with van der Waals surface area (Å²) in [6, 6.07) is 84.1. The Morgan fingerprint density at radius 3 is 1.37 bits per heavy atom. The number of fused-ring (bicyclic) bond motifs is 9. The van der Waals surface area contributed by atoms with Crippen molar-refractivity contribution in [3.05, 3.63) is 253 Å². The van der Waals surface area contributed by atoms with E-state index >= 15 is 0 Å². The van der Waals surface area contributed by atoms with Crippen LogP contribution in [0.15, 0.2) is 245 Å². The Kier molecular flexibility index (Phi) is 8.39. The summed E-state index contributed by atoms with van der Waals surface area (Å²) in [5.74, 6) is 1.79. The van der Waals surface area contributed by atoms with E-state index in [4.69, 9.17) is 4.74 Å². The highest BCUT2D eigenvalue weighted by Crippen LogP contribution is 2.66. The first-order chi connectivity index (χ1) is 29.1. The Morgan fingerprint density at radius 2 is 0.780 bits per heavy atom. The minimum atomic E-state index is -1.53. The predicted molar refractivity (Wildman–Crippen MR) is 245 cm³/mol. The van der Waals surface area contributed by atoms with Gasteiger partial charge in [-0.2, -0.15) is 10.0 Å². The molecule has 11 rings (SSSR count). The monoisotopic (exact) mass is 775 g/mol. The van der Waals surface area contributed by atoms with Crippen LogP contribution in [-0.2, 0) is 5.41 Å². The van der Waals surface area contributed by atoms with Gasteiger partial charge in [0.25, 0.3) is 0 Å². The standard InChI is InChI=1S/C56H41NOS/c1-59(45-19-7-3-8-20-45,46-21-9-4-10-22-46)47-36-33-43(34-37-47)57(42-31-29-41(30-32-42)40-17-5-2-6-18-40)44-35-38-49-48-23-11-12-24-50(48)56(53(49)39-44)51-25-13-15-27-54(51)58-55-28-16-14-26-52(55)56/h2-39H,1H3. The molecule has 0 fully saturated rings. The SMILES string of the molecule is CS(c1ccccc1)(c1ccccc1)c1ccc(N(c2ccc(-c3ccccc3)cc2)c2ccc3c(c2)C2(c4ccccc4Oc4ccccc42)c2ccccc2-3)cc1. The van der Waals surface area contributed by atoms with Gasteiger partial charge in [0.15, 0.2) is 0 Å². The van der Waals surface area contributed by atoms with Gasteiger partial charge in [-0.25, -0.2) is 0 Å². The molecule has 1 aliphatic carbocycles. The number of ether oxygens (including phenoxy) is 1. The van der Waals surface area contributed by atoms with Crippen molar-refractivity contribution < 1.29 is 4.74 Å². The fourth-order valence-corrected chi connectivity index (χ4v) is 12.4. The van der Waals surface area contributed by atoms with Crippen LogP contribution in [0.2, 0.25) is 0 Å². The number of hydrogen-bond donors (Lipinski definition) is 0. The first-order valence-corrected chi connectivity index (χ1v) is 22.2. The summed E-state index contributed by atoms with van der Waals surface area (Å²) in [6.45, 7) is 0. The average molecular weight is 776 g/mol. The van der Waals surface area contributed by atoms with Crippen molar-refractivity contribution in [1.82, 2.24) is 0 Å². The fourth-order valence-electron chi connectivity index (χ4n) is 9.52. The molecule has 0 saturated carbocycles. The number of benzene rings is 9. The molecule has 2 aliphatic rings. The third kappa shape index (κ3) is 5.50. The molecule has 3 heteroatoms. The Labute approximate surface area is 348 Å². The molecule has 0 bridgehead atoms. The molecule has 0 aromatic heterocycles. The van der Waals surface area contributed by atoms with E-state index in [1.165, 1.54) is 48.1 Å². The summed E-state index contributed by atoms with van der Waals surface area (Å²) in [5.41, 5.74) is 12.5. The van der Waals surface area contributed by atoms with E-state index in [0.29, 0.717) is 0 Å². The van der Waals surface area contributed by atoms with Crippen LogP contribution in [0.25, 0.3) is 22.3 Å². The first-order valence-electron chi connectivity index (χ1n) is 20.2. The second-order valence-corrected chi connectivity index (χ2v) is 18.7. The maximum atomic E-state index is 6.65. The molecule has 0 saturated heterocycles. The van der Waals surface area contributed by atoms with Crippen molar-refractivity contribution in [2.75, 3.05) is 11.2 Å². The molecule has 1 heterocycles. The number of hydrogen-bond acceptors (Lipinski definition) is 2. The zero-order valence-corrected chi connectivity index (χ0v) is 33.5. The van der Waals surface area contributed by atoms with Gasteiger partial charge >= 0.3 is 0 Å². The number of para-hydroxylation sites is 2. The van der Waals surface area contributed by atoms with Gasteiger partial charge in [-0.3, -0.25) is 0 Å². The fraction of sp³-hybridized carbons (Fsp3) is 0.0357. The van der Waals surface area contributed by atoms with Crippen LogP contribution >= 0.6 is 10.0 Å². The van der Waals surface area contributed by atoms with Gasteiger partial charge in [-0.05, 0) is 139 Å². The van der Waals surface area contributed by atoms with Gasteiger partial charge in [-0.15, -0.1) is 0 Å². The molecule has 282 valence electrons. The van der Waals surface area contributed by atoms with Crippen LogP contribution in [0.4, 0.5) is 17.1 Å². The van der Waals surface area contributed by atoms with Crippen molar-refractivity contribution in [3.63, 3.8) is 0 Å². The highest BCUT2D eigenvalue weighted by molar-refractivity contribution is 8.33. The van der Waals surface area contributed by atoms with E-state index in [2.05, 4.69) is 242 Å². The summed E-state index contributed by atoms with van der Waals surface area (Å²) in [6.07, 6.45) is 2.42. The molecule has 9 aromatic rings. The van der Waals surface area contributed by atoms with Crippen LogP contribution in [0.3, 0.4) is 0 Å². The molecule has 9 aromatic carbocycles. The van der Waals surface area contributed by atoms with Gasteiger partial charge in [0.1, 0.15) is 11.5 Å². The number of rotatable bonds is 7. The smallest absolute Gasteiger partial charge is 0.132 e. The lowest BCUT2D eigenvalue weighted by Gasteiger charge is -2.39. The maximum absolute atomic E-state index is 6.65. The highest BCUT2D eigenvalue weighted by Gasteiger charge is 2.51. The normalized spacial score (nSPS) is 13.4. The second kappa shape index (κ2) is 14.1. The quantitative estimate of drug-likeness (QED) is 0.160. The van der Waals surface area contributed by atoms with Crippen LogP contribution in [0, 0.1) is 0 Å². The van der Waals surface area contributed by atoms with Crippen LogP contribution < -0.4 is 9.64 Å². The molecule has 1 spiro atoms. The van der Waals surface area contributed by atoms with E-state index in [1.807, 2.05) is 0 Å². The van der Waals surface area contributed by atoms with Crippen molar-refractivity contribution in [1.29, 1.82) is 0 Å². The number of nitrogens with zero attached hydrogens (tertiary/aromatic N) is 1. The maximum Gasteiger partial charge on any atom is 0.132 e.